The Bertz CT molecular complexity index is 8900. The molecule has 5 nitrogen and oxygen atoms in total. The van der Waals surface area contributed by atoms with Crippen LogP contribution in [0.1, 0.15) is 33.9 Å². The first-order valence-electron chi connectivity index (χ1n) is 31.4. The second kappa shape index (κ2) is 8.64. The molecule has 1 heterocycles. The Labute approximate surface area is 482 Å². The number of nitriles is 4. The Morgan fingerprint density at radius 2 is 0.534 bits per heavy atom. The van der Waals surface area contributed by atoms with Crippen molar-refractivity contribution < 1.29 is 0 Å². The van der Waals surface area contributed by atoms with Gasteiger partial charge in [-0.15, -0.1) is 0 Å². The average molecular weight is 1080 g/mol. The summed E-state index contributed by atoms with van der Waals surface area (Å²) in [4.78, 5) is 2.80. The lowest BCUT2D eigenvalue weighted by atomic mass is 9.47. The highest BCUT2D eigenvalue weighted by Crippen LogP contribution is 2.87. The van der Waals surface area contributed by atoms with Gasteiger partial charge in [0.15, 0.2) is 0 Å². The van der Waals surface area contributed by atoms with Crippen LogP contribution in [0.3, 0.4) is 0 Å². The second-order valence-corrected chi connectivity index (χ2v) is 30.1. The van der Waals surface area contributed by atoms with E-state index < -0.39 is 10.8 Å². The summed E-state index contributed by atoms with van der Waals surface area (Å²) < 4.78 is 0. The Balaban J connectivity index is 0.955. The van der Waals surface area contributed by atoms with Crippen LogP contribution in [0.5, 0.6) is 0 Å². The van der Waals surface area contributed by atoms with E-state index in [9.17, 15) is 21.0 Å². The fourth-order valence-electron chi connectivity index (χ4n) is 28.7. The summed E-state index contributed by atoms with van der Waals surface area (Å²) in [7, 11) is 2.45. The number of nitrogens with zero attached hydrogens (tertiary/aromatic N) is 5. The molecule has 0 bridgehead atoms. The molecule has 1 atom stereocenters. The van der Waals surface area contributed by atoms with E-state index in [0.29, 0.717) is 26.6 Å². The van der Waals surface area contributed by atoms with Crippen molar-refractivity contribution in [2.75, 3.05) is 13.6 Å². The zero-order chi connectivity index (χ0) is 54.3. The number of hydrogen-bond acceptors (Lipinski definition) is 5. The van der Waals surface area contributed by atoms with E-state index in [-0.39, 0.29) is 17.2 Å². The lowest BCUT2D eigenvalue weighted by Crippen LogP contribution is -2.51. The van der Waals surface area contributed by atoms with Crippen LogP contribution in [0.15, 0.2) is 42.5 Å². The van der Waals surface area contributed by atoms with Crippen LogP contribution in [0.4, 0.5) is 0 Å². The fraction of sp³-hybridized carbons (Fsp3) is 0.0602. The lowest BCUT2D eigenvalue weighted by Gasteiger charge is -2.52. The molecular formula is C83H13N5. The first-order valence-corrected chi connectivity index (χ1v) is 31.4. The maximum Gasteiger partial charge on any atom is 0.138 e. The summed E-state index contributed by atoms with van der Waals surface area (Å²) in [6.45, 7) is 0.829. The van der Waals surface area contributed by atoms with Gasteiger partial charge in [0, 0.05) is 23.0 Å². The van der Waals surface area contributed by atoms with Crippen LogP contribution in [0.2, 0.25) is 0 Å². The summed E-state index contributed by atoms with van der Waals surface area (Å²) in [5.74, 6) is 0. The van der Waals surface area contributed by atoms with Gasteiger partial charge in [-0.25, -0.2) is 0 Å². The smallest absolute Gasteiger partial charge is 0.138 e. The molecule has 0 saturated carbocycles. The number of likely N-dealkylation sites (tertiary alicyclic amines) is 1. The van der Waals surface area contributed by atoms with Crippen molar-refractivity contribution in [3.63, 3.8) is 0 Å². The standard InChI is InChI=1S/C83H13N5/c1-88-13-82-77-69-61-51-41-33-25-23-24-27-31-29(25)37-45-39(31)49-43-35(27)36-28(24)32-30-26(23)34(33)42-48-38(30)46-40(32)50-44(36)54-53(43)65-59(49)67-57(45)63(55(61)47(37)41)71(77)73(67)79-75(65)76-66(54)60(50)68-58(46)64-56(48)62(52(42)51)70(69)78(82)72(64)74(68)80(76)83(79,82)81(88)14-6-7-19-20(8-14)22(16(11-86)12-87)18-5-3-2-4-17(18)21(19)15(9-84)10-85/h2-8,81H,13H2,1H3. The molecule has 370 valence electrons. The number of likely N-dealkylation sites (N-methyl/N-ethyl adjacent to an activating group) is 1. The molecule has 1 fully saturated rings. The number of hydrogen-bond donors (Lipinski definition) is 0. The van der Waals surface area contributed by atoms with Crippen molar-refractivity contribution in [3.8, 4) is 24.3 Å². The number of benzene rings is 21. The van der Waals surface area contributed by atoms with E-state index in [2.05, 4.69) is 54.4 Å². The molecule has 36 rings (SSSR count). The van der Waals surface area contributed by atoms with Gasteiger partial charge >= 0.3 is 0 Å². The van der Waals surface area contributed by atoms with Crippen LogP contribution in [0.25, 0.3) is 324 Å². The predicted octanol–water partition coefficient (Wildman–Crippen LogP) is 18.7. The minimum Gasteiger partial charge on any atom is -0.297 e. The van der Waals surface area contributed by atoms with Crippen LogP contribution in [-0.4, -0.2) is 18.5 Å². The number of fused-ring (bicyclic) bond motifs is 2. The van der Waals surface area contributed by atoms with Crippen LogP contribution in [-0.2, 0) is 10.8 Å². The molecule has 88 heavy (non-hydrogen) atoms. The largest absolute Gasteiger partial charge is 0.297 e. The van der Waals surface area contributed by atoms with Crippen molar-refractivity contribution >= 4 is 324 Å². The van der Waals surface area contributed by atoms with E-state index in [4.69, 9.17) is 0 Å². The van der Waals surface area contributed by atoms with Gasteiger partial charge in [0.1, 0.15) is 35.4 Å². The van der Waals surface area contributed by atoms with Gasteiger partial charge in [0.2, 0.25) is 0 Å². The maximum absolute atomic E-state index is 11.1. The average Bonchev–Trinajstić information content (AvgIpc) is 1.38. The molecule has 31 aromatic rings. The third-order valence-corrected chi connectivity index (χ3v) is 29.2. The SMILES string of the molecule is CN1CC23c4c5c6c7c8c9c(c%10c%11c2c2c4c4c%12c5c5c6c6c8c8c%13c9c9c%10c%10c%11c%11c2c2c4c4c%12c%12c5c5c6c8c6c8c%13c9c9c%10c%10c%11c2c2c4c4c%12c5c6c5c8c9c%10c2c45)C73C1c1ccc2c(=C(C#N)C#N)c3ccccc3c(=C(C#N)C#N)c2c1. The lowest BCUT2D eigenvalue weighted by molar-refractivity contribution is 0.271. The highest BCUT2D eigenvalue weighted by atomic mass is 15.2. The highest BCUT2D eigenvalue weighted by Gasteiger charge is 2.76. The Hall–Kier alpha value is -11.7. The highest BCUT2D eigenvalue weighted by molar-refractivity contribution is 6.82. The zero-order valence-corrected chi connectivity index (χ0v) is 45.1. The zero-order valence-electron chi connectivity index (χ0n) is 45.1. The van der Waals surface area contributed by atoms with Crippen molar-refractivity contribution in [3.05, 3.63) is 80.7 Å². The normalized spacial score (nSPS) is 21.1. The van der Waals surface area contributed by atoms with Crippen molar-refractivity contribution in [1.29, 1.82) is 21.0 Å². The van der Waals surface area contributed by atoms with E-state index >= 15 is 0 Å². The quantitative estimate of drug-likeness (QED) is 0.120. The third-order valence-electron chi connectivity index (χ3n) is 29.2. The molecule has 5 heteroatoms. The summed E-state index contributed by atoms with van der Waals surface area (Å²) in [5, 5.41) is 133. The van der Waals surface area contributed by atoms with Crippen molar-refractivity contribution in [1.82, 2.24) is 4.90 Å². The van der Waals surface area contributed by atoms with Gasteiger partial charge < -0.3 is 0 Å². The summed E-state index contributed by atoms with van der Waals surface area (Å²) >= 11 is 0. The van der Waals surface area contributed by atoms with Gasteiger partial charge in [-0.05, 0) is 353 Å². The summed E-state index contributed by atoms with van der Waals surface area (Å²) in [6.07, 6.45) is 0. The molecule has 2 spiro atoms. The van der Waals surface area contributed by atoms with Crippen LogP contribution >= 0.6 is 0 Å². The Morgan fingerprint density at radius 1 is 0.307 bits per heavy atom. The van der Waals surface area contributed by atoms with Crippen molar-refractivity contribution in [2.24, 2.45) is 0 Å². The minimum atomic E-state index is -0.631. The molecule has 4 aliphatic carbocycles. The van der Waals surface area contributed by atoms with E-state index in [1.807, 2.05) is 24.3 Å². The van der Waals surface area contributed by atoms with Gasteiger partial charge in [0.25, 0.3) is 0 Å². The molecule has 0 radical (unpaired) electrons. The molecule has 5 aliphatic rings. The molecule has 0 amide bonds. The van der Waals surface area contributed by atoms with Gasteiger partial charge in [-0.3, -0.25) is 4.90 Å². The molecule has 31 aromatic carbocycles. The first-order chi connectivity index (χ1) is 43.6. The third kappa shape index (κ3) is 2.10. The molecule has 0 aromatic heterocycles. The molecular weight excluding hydrogens is 1070 g/mol. The molecule has 0 N–H and O–H groups in total. The van der Waals surface area contributed by atoms with Crippen molar-refractivity contribution in [2.45, 2.75) is 16.9 Å². The van der Waals surface area contributed by atoms with Crippen LogP contribution < -0.4 is 10.4 Å². The van der Waals surface area contributed by atoms with E-state index in [1.165, 1.54) is 0 Å². The van der Waals surface area contributed by atoms with Gasteiger partial charge in [-0.2, -0.15) is 21.0 Å². The predicted molar refractivity (Wildman–Crippen MR) is 359 cm³/mol. The Kier molecular flexibility index (Phi) is 3.49. The topological polar surface area (TPSA) is 98.4 Å². The monoisotopic (exact) mass is 1080 g/mol. The second-order valence-electron chi connectivity index (χ2n) is 30.1. The maximum atomic E-state index is 11.1. The summed E-state index contributed by atoms with van der Waals surface area (Å²) in [5.41, 5.74) is 6.48. The van der Waals surface area contributed by atoms with E-state index in [1.54, 1.807) is 313 Å². The first kappa shape index (κ1) is 35.6. The summed E-state index contributed by atoms with van der Waals surface area (Å²) in [6, 6.07) is 23.7. The molecule has 1 saturated heterocycles. The molecule has 1 unspecified atom stereocenters. The molecule has 1 aliphatic heterocycles. The van der Waals surface area contributed by atoms with Crippen LogP contribution in [0, 0.1) is 45.3 Å². The number of rotatable bonds is 1. The van der Waals surface area contributed by atoms with E-state index in [0.717, 1.165) is 17.5 Å². The van der Waals surface area contributed by atoms with Gasteiger partial charge in [0.05, 0.1) is 10.8 Å². The Morgan fingerprint density at radius 3 is 0.795 bits per heavy atom. The fourth-order valence-corrected chi connectivity index (χ4v) is 28.7. The minimum absolute atomic E-state index is 0.0245. The van der Waals surface area contributed by atoms with Gasteiger partial charge in [-0.1, -0.05) is 36.4 Å².